The Morgan fingerprint density at radius 3 is 2.33 bits per heavy atom. The fraction of sp³-hybridized carbons (Fsp3) is 0.875. The molecule has 1 heteroatoms. The molecular formula is C8H16N. The van der Waals surface area contributed by atoms with Crippen molar-refractivity contribution in [2.75, 3.05) is 13.1 Å². The largest absolute Gasteiger partial charge is 0.301 e. The Balaban J connectivity index is 2.19. The van der Waals surface area contributed by atoms with Crippen molar-refractivity contribution in [1.82, 2.24) is 4.90 Å². The molecule has 1 fully saturated rings. The van der Waals surface area contributed by atoms with Crippen LogP contribution in [0, 0.1) is 6.92 Å². The Hall–Kier alpha value is -0.0400. The summed E-state index contributed by atoms with van der Waals surface area (Å²) in [5.41, 5.74) is 0. The van der Waals surface area contributed by atoms with Gasteiger partial charge in [0.25, 0.3) is 0 Å². The minimum atomic E-state index is 0.882. The summed E-state index contributed by atoms with van der Waals surface area (Å²) in [6.45, 7) is 8.26. The van der Waals surface area contributed by atoms with Gasteiger partial charge in [-0.15, -0.1) is 0 Å². The Morgan fingerprint density at radius 1 is 1.56 bits per heavy atom. The highest BCUT2D eigenvalue weighted by molar-refractivity contribution is 4.79. The molecule has 1 aliphatic carbocycles. The minimum Gasteiger partial charge on any atom is -0.301 e. The van der Waals surface area contributed by atoms with Crippen LogP contribution in [-0.4, -0.2) is 24.0 Å². The van der Waals surface area contributed by atoms with Gasteiger partial charge in [0.1, 0.15) is 0 Å². The van der Waals surface area contributed by atoms with Crippen molar-refractivity contribution in [3.8, 4) is 0 Å². The van der Waals surface area contributed by atoms with Gasteiger partial charge in [-0.25, -0.2) is 0 Å². The molecule has 0 saturated heterocycles. The molecule has 1 saturated carbocycles. The van der Waals surface area contributed by atoms with E-state index in [4.69, 9.17) is 0 Å². The van der Waals surface area contributed by atoms with E-state index in [9.17, 15) is 0 Å². The van der Waals surface area contributed by atoms with Crippen molar-refractivity contribution in [3.63, 3.8) is 0 Å². The van der Waals surface area contributed by atoms with Gasteiger partial charge in [0.15, 0.2) is 0 Å². The maximum absolute atomic E-state index is 3.89. The summed E-state index contributed by atoms with van der Waals surface area (Å²) in [5, 5.41) is 0. The third-order valence-electron chi connectivity index (χ3n) is 2.28. The summed E-state index contributed by atoms with van der Waals surface area (Å²) < 4.78 is 0. The van der Waals surface area contributed by atoms with Gasteiger partial charge in [0, 0.05) is 6.04 Å². The second kappa shape index (κ2) is 3.21. The summed E-state index contributed by atoms with van der Waals surface area (Å²) in [4.78, 5) is 2.45. The Morgan fingerprint density at radius 2 is 2.22 bits per heavy atom. The lowest BCUT2D eigenvalue weighted by Gasteiger charge is -2.35. The van der Waals surface area contributed by atoms with Gasteiger partial charge < -0.3 is 4.90 Å². The summed E-state index contributed by atoms with van der Waals surface area (Å²) >= 11 is 0. The molecule has 0 heterocycles. The Kier molecular flexibility index (Phi) is 2.52. The van der Waals surface area contributed by atoms with E-state index in [1.165, 1.54) is 25.8 Å². The predicted molar refractivity (Wildman–Crippen MR) is 40.2 cm³/mol. The molecule has 0 bridgehead atoms. The zero-order valence-corrected chi connectivity index (χ0v) is 6.27. The monoisotopic (exact) mass is 126 g/mol. The van der Waals surface area contributed by atoms with Crippen LogP contribution in [0.25, 0.3) is 0 Å². The van der Waals surface area contributed by atoms with Crippen molar-refractivity contribution in [3.05, 3.63) is 6.92 Å². The van der Waals surface area contributed by atoms with E-state index < -0.39 is 0 Å². The molecule has 0 N–H and O–H groups in total. The lowest BCUT2D eigenvalue weighted by Crippen LogP contribution is -2.39. The summed E-state index contributed by atoms with van der Waals surface area (Å²) in [6.07, 6.45) is 4.24. The first kappa shape index (κ1) is 7.07. The number of rotatable bonds is 3. The molecule has 1 nitrogen and oxygen atoms in total. The van der Waals surface area contributed by atoms with Gasteiger partial charge in [0.05, 0.1) is 0 Å². The Bertz CT molecular complexity index is 72.6. The van der Waals surface area contributed by atoms with Crippen LogP contribution in [0.5, 0.6) is 0 Å². The Labute approximate surface area is 58.0 Å². The van der Waals surface area contributed by atoms with Gasteiger partial charge in [0.2, 0.25) is 0 Å². The second-order valence-electron chi connectivity index (χ2n) is 2.71. The maximum atomic E-state index is 3.89. The standard InChI is InChI=1S/C8H16N/c1-3-9(4-2)8-6-5-7-8/h8H,1,3-7H2,2H3. The van der Waals surface area contributed by atoms with Crippen molar-refractivity contribution in [2.45, 2.75) is 32.2 Å². The number of nitrogens with zero attached hydrogens (tertiary/aromatic N) is 1. The highest BCUT2D eigenvalue weighted by Crippen LogP contribution is 2.23. The van der Waals surface area contributed by atoms with Gasteiger partial charge in [-0.05, 0) is 32.9 Å². The second-order valence-corrected chi connectivity index (χ2v) is 2.71. The smallest absolute Gasteiger partial charge is 0.00951 e. The van der Waals surface area contributed by atoms with E-state index in [1.807, 2.05) is 0 Å². The normalized spacial score (nSPS) is 20.3. The maximum Gasteiger partial charge on any atom is 0.00951 e. The molecule has 0 atom stereocenters. The van der Waals surface area contributed by atoms with Crippen LogP contribution in [0.1, 0.15) is 26.2 Å². The SMILES string of the molecule is [CH2]CN(CC)C1CCC1. The highest BCUT2D eigenvalue weighted by Gasteiger charge is 2.21. The summed E-state index contributed by atoms with van der Waals surface area (Å²) in [6, 6.07) is 0.882. The molecule has 1 aliphatic rings. The van der Waals surface area contributed by atoms with E-state index >= 15 is 0 Å². The number of hydrogen-bond acceptors (Lipinski definition) is 1. The predicted octanol–water partition coefficient (Wildman–Crippen LogP) is 1.69. The fourth-order valence-electron chi connectivity index (χ4n) is 1.35. The lowest BCUT2D eigenvalue weighted by atomic mass is 9.91. The average molecular weight is 126 g/mol. The first-order valence-corrected chi connectivity index (χ1v) is 3.91. The van der Waals surface area contributed by atoms with Crippen LogP contribution < -0.4 is 0 Å². The van der Waals surface area contributed by atoms with E-state index in [1.54, 1.807) is 0 Å². The van der Waals surface area contributed by atoms with Crippen LogP contribution in [0.2, 0.25) is 0 Å². The molecular weight excluding hydrogens is 110 g/mol. The third kappa shape index (κ3) is 1.45. The highest BCUT2D eigenvalue weighted by atomic mass is 15.1. The number of hydrogen-bond donors (Lipinski definition) is 0. The molecule has 0 aromatic rings. The summed E-state index contributed by atoms with van der Waals surface area (Å²) in [5.74, 6) is 0. The van der Waals surface area contributed by atoms with E-state index in [2.05, 4.69) is 18.7 Å². The van der Waals surface area contributed by atoms with Crippen LogP contribution >= 0.6 is 0 Å². The molecule has 0 amide bonds. The van der Waals surface area contributed by atoms with Crippen LogP contribution in [-0.2, 0) is 0 Å². The van der Waals surface area contributed by atoms with Crippen molar-refractivity contribution < 1.29 is 0 Å². The molecule has 0 aromatic heterocycles. The molecule has 0 unspecified atom stereocenters. The zero-order chi connectivity index (χ0) is 6.69. The van der Waals surface area contributed by atoms with E-state index in [-0.39, 0.29) is 0 Å². The van der Waals surface area contributed by atoms with Crippen molar-refractivity contribution >= 4 is 0 Å². The van der Waals surface area contributed by atoms with Crippen LogP contribution in [0.3, 0.4) is 0 Å². The van der Waals surface area contributed by atoms with Gasteiger partial charge >= 0.3 is 0 Å². The van der Waals surface area contributed by atoms with E-state index in [0.29, 0.717) is 0 Å². The average Bonchev–Trinajstić information content (AvgIpc) is 1.78. The third-order valence-corrected chi connectivity index (χ3v) is 2.28. The first-order valence-electron chi connectivity index (χ1n) is 3.91. The van der Waals surface area contributed by atoms with Crippen LogP contribution in [0.15, 0.2) is 0 Å². The topological polar surface area (TPSA) is 3.24 Å². The zero-order valence-electron chi connectivity index (χ0n) is 6.27. The van der Waals surface area contributed by atoms with Gasteiger partial charge in [-0.1, -0.05) is 13.3 Å². The van der Waals surface area contributed by atoms with Gasteiger partial charge in [-0.3, -0.25) is 0 Å². The fourth-order valence-corrected chi connectivity index (χ4v) is 1.35. The van der Waals surface area contributed by atoms with Crippen LogP contribution in [0.4, 0.5) is 0 Å². The minimum absolute atomic E-state index is 0.882. The summed E-state index contributed by atoms with van der Waals surface area (Å²) in [7, 11) is 0. The molecule has 0 aliphatic heterocycles. The molecule has 53 valence electrons. The lowest BCUT2D eigenvalue weighted by molar-refractivity contribution is 0.148. The quantitative estimate of drug-likeness (QED) is 0.556. The molecule has 1 rings (SSSR count). The van der Waals surface area contributed by atoms with Crippen molar-refractivity contribution in [2.24, 2.45) is 0 Å². The van der Waals surface area contributed by atoms with Crippen molar-refractivity contribution in [1.29, 1.82) is 0 Å². The molecule has 9 heavy (non-hydrogen) atoms. The molecule has 0 aromatic carbocycles. The van der Waals surface area contributed by atoms with Gasteiger partial charge in [-0.2, -0.15) is 0 Å². The first-order chi connectivity index (χ1) is 4.38. The van der Waals surface area contributed by atoms with E-state index in [0.717, 1.165) is 12.6 Å². The molecule has 1 radical (unpaired) electrons. The molecule has 0 spiro atoms.